The molecule has 0 aliphatic rings. The van der Waals surface area contributed by atoms with Gasteiger partial charge < -0.3 is 4.74 Å². The van der Waals surface area contributed by atoms with Crippen molar-refractivity contribution in [3.63, 3.8) is 0 Å². The zero-order valence-electron chi connectivity index (χ0n) is 8.29. The molecule has 0 spiro atoms. The summed E-state index contributed by atoms with van der Waals surface area (Å²) < 4.78 is 5.51. The zero-order valence-corrected chi connectivity index (χ0v) is 8.29. The van der Waals surface area contributed by atoms with E-state index in [-0.39, 0.29) is 5.60 Å². The van der Waals surface area contributed by atoms with E-state index in [0.29, 0.717) is 5.88 Å². The third kappa shape index (κ3) is 5.71. The molecule has 0 unspecified atom stereocenters. The van der Waals surface area contributed by atoms with Gasteiger partial charge in [-0.2, -0.15) is 0 Å². The van der Waals surface area contributed by atoms with Crippen molar-refractivity contribution in [2.45, 2.75) is 33.3 Å². The molecule has 0 heterocycles. The minimum Gasteiger partial charge on any atom is -0.472 e. The SMILES string of the molecule is C=C/C=C(\N=C/C)OC(C)(C)C. The van der Waals surface area contributed by atoms with E-state index in [0.717, 1.165) is 0 Å². The molecule has 0 saturated carbocycles. The lowest BCUT2D eigenvalue weighted by Crippen LogP contribution is -2.18. The largest absolute Gasteiger partial charge is 0.472 e. The molecule has 0 N–H and O–H groups in total. The van der Waals surface area contributed by atoms with Crippen LogP contribution in [0.25, 0.3) is 0 Å². The van der Waals surface area contributed by atoms with E-state index in [1.54, 1.807) is 18.4 Å². The van der Waals surface area contributed by atoms with Crippen molar-refractivity contribution in [3.05, 3.63) is 24.6 Å². The van der Waals surface area contributed by atoms with Gasteiger partial charge in [-0.15, -0.1) is 0 Å². The fourth-order valence-electron chi connectivity index (χ4n) is 0.645. The van der Waals surface area contributed by atoms with Crippen molar-refractivity contribution in [1.29, 1.82) is 0 Å². The Morgan fingerprint density at radius 3 is 2.33 bits per heavy atom. The second-order valence-electron chi connectivity index (χ2n) is 3.34. The van der Waals surface area contributed by atoms with Crippen molar-refractivity contribution < 1.29 is 4.74 Å². The van der Waals surface area contributed by atoms with Crippen molar-refractivity contribution in [3.8, 4) is 0 Å². The van der Waals surface area contributed by atoms with Crippen LogP contribution >= 0.6 is 0 Å². The van der Waals surface area contributed by atoms with E-state index < -0.39 is 0 Å². The monoisotopic (exact) mass is 167 g/mol. The third-order valence-corrected chi connectivity index (χ3v) is 0.928. The highest BCUT2D eigenvalue weighted by Crippen LogP contribution is 2.13. The Bertz CT molecular complexity index is 196. The number of allylic oxidation sites excluding steroid dienone is 2. The zero-order chi connectivity index (χ0) is 9.61. The van der Waals surface area contributed by atoms with Gasteiger partial charge in [0.1, 0.15) is 5.60 Å². The number of hydrogen-bond acceptors (Lipinski definition) is 2. The Labute approximate surface area is 74.7 Å². The smallest absolute Gasteiger partial charge is 0.213 e. The van der Waals surface area contributed by atoms with E-state index >= 15 is 0 Å². The summed E-state index contributed by atoms with van der Waals surface area (Å²) in [6, 6.07) is 0. The van der Waals surface area contributed by atoms with Crippen molar-refractivity contribution in [1.82, 2.24) is 0 Å². The number of hydrogen-bond donors (Lipinski definition) is 0. The average Bonchev–Trinajstić information content (AvgIpc) is 1.84. The van der Waals surface area contributed by atoms with Gasteiger partial charge in [0.2, 0.25) is 5.88 Å². The average molecular weight is 167 g/mol. The number of nitrogens with zero attached hydrogens (tertiary/aromatic N) is 1. The molecule has 2 nitrogen and oxygen atoms in total. The van der Waals surface area contributed by atoms with Gasteiger partial charge in [-0.1, -0.05) is 12.7 Å². The van der Waals surface area contributed by atoms with E-state index in [9.17, 15) is 0 Å². The van der Waals surface area contributed by atoms with E-state index in [2.05, 4.69) is 11.6 Å². The Hall–Kier alpha value is -1.05. The molecule has 0 aliphatic heterocycles. The lowest BCUT2D eigenvalue weighted by Gasteiger charge is -2.20. The van der Waals surface area contributed by atoms with Crippen LogP contribution in [0, 0.1) is 0 Å². The molecule has 0 radical (unpaired) electrons. The van der Waals surface area contributed by atoms with Crippen LogP contribution in [-0.2, 0) is 4.74 Å². The maximum absolute atomic E-state index is 5.51. The van der Waals surface area contributed by atoms with E-state index in [1.165, 1.54) is 0 Å². The van der Waals surface area contributed by atoms with Gasteiger partial charge in [-0.25, -0.2) is 4.99 Å². The molecule has 0 rings (SSSR count). The van der Waals surface area contributed by atoms with Gasteiger partial charge in [-0.3, -0.25) is 0 Å². The summed E-state index contributed by atoms with van der Waals surface area (Å²) in [6.07, 6.45) is 5.10. The predicted octanol–water partition coefficient (Wildman–Crippen LogP) is 2.92. The minimum atomic E-state index is -0.207. The predicted molar refractivity (Wildman–Crippen MR) is 53.3 cm³/mol. The fourth-order valence-corrected chi connectivity index (χ4v) is 0.645. The van der Waals surface area contributed by atoms with Crippen LogP contribution in [0.15, 0.2) is 29.6 Å². The Balaban J connectivity index is 4.34. The lowest BCUT2D eigenvalue weighted by molar-refractivity contribution is 0.0513. The van der Waals surface area contributed by atoms with Crippen LogP contribution in [-0.4, -0.2) is 11.8 Å². The first-order valence-electron chi connectivity index (χ1n) is 4.00. The molecule has 2 heteroatoms. The van der Waals surface area contributed by atoms with Gasteiger partial charge in [-0.05, 0) is 33.8 Å². The molecule has 0 bridgehead atoms. The Morgan fingerprint density at radius 2 is 2.00 bits per heavy atom. The number of rotatable bonds is 3. The first kappa shape index (κ1) is 11.0. The molecule has 12 heavy (non-hydrogen) atoms. The van der Waals surface area contributed by atoms with Crippen LogP contribution in [0.4, 0.5) is 0 Å². The van der Waals surface area contributed by atoms with Crippen LogP contribution < -0.4 is 0 Å². The van der Waals surface area contributed by atoms with Crippen molar-refractivity contribution >= 4 is 6.21 Å². The molecule has 0 aromatic rings. The normalized spacial score (nSPS) is 13.5. The van der Waals surface area contributed by atoms with Gasteiger partial charge in [0, 0.05) is 6.21 Å². The van der Waals surface area contributed by atoms with Crippen molar-refractivity contribution in [2.24, 2.45) is 4.99 Å². The molecule has 68 valence electrons. The van der Waals surface area contributed by atoms with Crippen molar-refractivity contribution in [2.75, 3.05) is 0 Å². The highest BCUT2D eigenvalue weighted by molar-refractivity contribution is 5.54. The molecular formula is C10H17NO. The van der Waals surface area contributed by atoms with Gasteiger partial charge in [0.15, 0.2) is 0 Å². The quantitative estimate of drug-likeness (QED) is 0.360. The van der Waals surface area contributed by atoms with Crippen LogP contribution in [0.1, 0.15) is 27.7 Å². The summed E-state index contributed by atoms with van der Waals surface area (Å²) in [6.45, 7) is 11.4. The maximum atomic E-state index is 5.51. The van der Waals surface area contributed by atoms with Crippen LogP contribution in [0.3, 0.4) is 0 Å². The highest BCUT2D eigenvalue weighted by Gasteiger charge is 2.11. The second-order valence-corrected chi connectivity index (χ2v) is 3.34. The number of aliphatic imine (C=N–C) groups is 1. The summed E-state index contributed by atoms with van der Waals surface area (Å²) in [7, 11) is 0. The van der Waals surface area contributed by atoms with Gasteiger partial charge >= 0.3 is 0 Å². The number of ether oxygens (including phenoxy) is 1. The molecule has 0 atom stereocenters. The molecule has 0 amide bonds. The summed E-state index contributed by atoms with van der Waals surface area (Å²) in [5.74, 6) is 0.597. The first-order chi connectivity index (χ1) is 5.49. The van der Waals surface area contributed by atoms with Gasteiger partial charge in [0.25, 0.3) is 0 Å². The third-order valence-electron chi connectivity index (χ3n) is 0.928. The highest BCUT2D eigenvalue weighted by atomic mass is 16.5. The Morgan fingerprint density at radius 1 is 1.42 bits per heavy atom. The fraction of sp³-hybridized carbons (Fsp3) is 0.500. The first-order valence-corrected chi connectivity index (χ1v) is 4.00. The molecule has 0 saturated heterocycles. The Kier molecular flexibility index (Phi) is 4.34. The molecular weight excluding hydrogens is 150 g/mol. The summed E-state index contributed by atoms with van der Waals surface area (Å²) in [4.78, 5) is 4.04. The van der Waals surface area contributed by atoms with Crippen LogP contribution in [0.2, 0.25) is 0 Å². The maximum Gasteiger partial charge on any atom is 0.213 e. The summed E-state index contributed by atoms with van der Waals surface area (Å²) >= 11 is 0. The van der Waals surface area contributed by atoms with Crippen LogP contribution in [0.5, 0.6) is 0 Å². The summed E-state index contributed by atoms with van der Waals surface area (Å²) in [5.41, 5.74) is -0.207. The molecule has 0 aromatic heterocycles. The standard InChI is InChI=1S/C10H17NO/c1-6-8-9(11-7-2)12-10(3,4)5/h6-8H,1H2,2-5H3/b9-8+,11-7-. The molecule has 0 aliphatic carbocycles. The molecule has 0 aromatic carbocycles. The topological polar surface area (TPSA) is 21.6 Å². The second kappa shape index (κ2) is 4.75. The van der Waals surface area contributed by atoms with Gasteiger partial charge in [0.05, 0.1) is 0 Å². The van der Waals surface area contributed by atoms with E-state index in [1.807, 2.05) is 27.7 Å². The summed E-state index contributed by atoms with van der Waals surface area (Å²) in [5, 5.41) is 0. The minimum absolute atomic E-state index is 0.207. The lowest BCUT2D eigenvalue weighted by atomic mass is 10.2. The molecule has 0 fully saturated rings. The van der Waals surface area contributed by atoms with E-state index in [4.69, 9.17) is 4.74 Å².